The lowest BCUT2D eigenvalue weighted by Crippen LogP contribution is -2.51. The predicted molar refractivity (Wildman–Crippen MR) is 80.0 cm³/mol. The third-order valence-electron chi connectivity index (χ3n) is 3.99. The molecule has 1 N–H and O–H groups in total. The van der Waals surface area contributed by atoms with Gasteiger partial charge in [-0.05, 0) is 31.4 Å². The third kappa shape index (κ3) is 2.55. The van der Waals surface area contributed by atoms with Gasteiger partial charge in [0, 0.05) is 6.54 Å². The van der Waals surface area contributed by atoms with Crippen LogP contribution in [0.5, 0.6) is 0 Å². The van der Waals surface area contributed by atoms with E-state index < -0.39 is 16.4 Å². The Morgan fingerprint density at radius 3 is 2.86 bits per heavy atom. The molecule has 1 aromatic rings. The van der Waals surface area contributed by atoms with Crippen molar-refractivity contribution < 1.29 is 14.8 Å². The molecule has 1 unspecified atom stereocenters. The number of aliphatic carboxylic acids is 1. The van der Waals surface area contributed by atoms with E-state index in [1.165, 1.54) is 6.07 Å². The Labute approximate surface area is 127 Å². The summed E-state index contributed by atoms with van der Waals surface area (Å²) >= 11 is 5.94. The highest BCUT2D eigenvalue weighted by Gasteiger charge is 2.48. The van der Waals surface area contributed by atoms with Crippen LogP contribution in [0.4, 0.5) is 11.4 Å². The molecule has 0 spiro atoms. The van der Waals surface area contributed by atoms with E-state index in [0.717, 1.165) is 0 Å². The average Bonchev–Trinajstić information content (AvgIpc) is 2.83. The zero-order valence-electron chi connectivity index (χ0n) is 11.7. The van der Waals surface area contributed by atoms with E-state index in [1.54, 1.807) is 17.0 Å². The topological polar surface area (TPSA) is 83.7 Å². The summed E-state index contributed by atoms with van der Waals surface area (Å²) in [5.41, 5.74) is -1.01. The van der Waals surface area contributed by atoms with Gasteiger partial charge in [0.2, 0.25) is 0 Å². The number of anilines is 1. The highest BCUT2D eigenvalue weighted by atomic mass is 35.5. The van der Waals surface area contributed by atoms with Gasteiger partial charge in [0.25, 0.3) is 0 Å². The minimum Gasteiger partial charge on any atom is -0.479 e. The quantitative estimate of drug-likeness (QED) is 0.664. The van der Waals surface area contributed by atoms with Crippen LogP contribution in [0.2, 0.25) is 5.02 Å². The predicted octanol–water partition coefficient (Wildman–Crippen LogP) is 3.47. The van der Waals surface area contributed by atoms with E-state index in [4.69, 9.17) is 11.6 Å². The van der Waals surface area contributed by atoms with Crippen LogP contribution in [0.3, 0.4) is 0 Å². The maximum atomic E-state index is 11.8. The molecule has 2 rings (SSSR count). The fraction of sp³-hybridized carbons (Fsp3) is 0.500. The largest absolute Gasteiger partial charge is 0.479 e. The molecular weight excluding hydrogens is 296 g/mol. The second-order valence-electron chi connectivity index (χ2n) is 5.21. The molecule has 0 aromatic heterocycles. The van der Waals surface area contributed by atoms with Crippen molar-refractivity contribution in [3.8, 4) is 0 Å². The number of halogens is 1. The highest BCUT2D eigenvalue weighted by molar-refractivity contribution is 6.33. The van der Waals surface area contributed by atoms with Gasteiger partial charge in [-0.1, -0.05) is 31.0 Å². The van der Waals surface area contributed by atoms with Gasteiger partial charge in [-0.25, -0.2) is 4.79 Å². The van der Waals surface area contributed by atoms with Crippen molar-refractivity contribution in [1.82, 2.24) is 0 Å². The van der Waals surface area contributed by atoms with Crippen molar-refractivity contribution in [3.05, 3.63) is 33.3 Å². The summed E-state index contributed by atoms with van der Waals surface area (Å²) in [6.45, 7) is 2.39. The minimum atomic E-state index is -1.08. The van der Waals surface area contributed by atoms with Crippen molar-refractivity contribution in [2.24, 2.45) is 0 Å². The molecule has 21 heavy (non-hydrogen) atoms. The molecule has 1 aliphatic rings. The summed E-state index contributed by atoms with van der Waals surface area (Å²) in [5, 5.41) is 21.0. The van der Waals surface area contributed by atoms with Crippen LogP contribution in [0.1, 0.15) is 32.6 Å². The zero-order valence-corrected chi connectivity index (χ0v) is 12.5. The van der Waals surface area contributed by atoms with Crippen molar-refractivity contribution >= 4 is 28.9 Å². The standard InChI is InChI=1S/C14H17ClN2O4/c1-2-7-14(13(18)19)8-4-9-16(14)11-6-3-5-10(15)12(11)17(20)21/h3,5-6H,2,4,7-9H2,1H3,(H,18,19). The van der Waals surface area contributed by atoms with E-state index in [-0.39, 0.29) is 10.7 Å². The summed E-state index contributed by atoms with van der Waals surface area (Å²) in [6.07, 6.45) is 2.32. The first kappa shape index (κ1) is 15.6. The third-order valence-corrected chi connectivity index (χ3v) is 4.29. The monoisotopic (exact) mass is 312 g/mol. The summed E-state index contributed by atoms with van der Waals surface area (Å²) in [4.78, 5) is 24.2. The number of nitrogens with zero attached hydrogens (tertiary/aromatic N) is 2. The number of rotatable bonds is 5. The molecule has 1 heterocycles. The Balaban J connectivity index is 2.57. The number of nitro groups is 1. The lowest BCUT2D eigenvalue weighted by Gasteiger charge is -2.36. The van der Waals surface area contributed by atoms with E-state index >= 15 is 0 Å². The van der Waals surface area contributed by atoms with Crippen molar-refractivity contribution in [2.45, 2.75) is 38.1 Å². The van der Waals surface area contributed by atoms with Crippen molar-refractivity contribution in [1.29, 1.82) is 0 Å². The number of benzene rings is 1. The summed E-state index contributed by atoms with van der Waals surface area (Å²) in [6, 6.07) is 4.63. The van der Waals surface area contributed by atoms with Crippen LogP contribution in [-0.4, -0.2) is 28.1 Å². The SMILES string of the molecule is CCCC1(C(=O)O)CCCN1c1cccc(Cl)c1[N+](=O)[O-]. The molecule has 114 valence electrons. The summed E-state index contributed by atoms with van der Waals surface area (Å²) in [5.74, 6) is -0.934. The van der Waals surface area contributed by atoms with Crippen molar-refractivity contribution in [3.63, 3.8) is 0 Å². The molecule has 1 fully saturated rings. The van der Waals surface area contributed by atoms with Gasteiger partial charge in [0.15, 0.2) is 0 Å². The maximum Gasteiger partial charge on any atom is 0.329 e. The summed E-state index contributed by atoms with van der Waals surface area (Å²) in [7, 11) is 0. The van der Waals surface area contributed by atoms with Gasteiger partial charge in [0.05, 0.1) is 4.92 Å². The number of carbonyl (C=O) groups is 1. The molecule has 7 heteroatoms. The lowest BCUT2D eigenvalue weighted by molar-refractivity contribution is -0.384. The second kappa shape index (κ2) is 5.89. The Bertz CT molecular complexity index is 578. The van der Waals surface area contributed by atoms with E-state index in [2.05, 4.69) is 0 Å². The van der Waals surface area contributed by atoms with Gasteiger partial charge in [-0.2, -0.15) is 0 Å². The minimum absolute atomic E-state index is 0.0280. The Hall–Kier alpha value is -1.82. The Morgan fingerprint density at radius 1 is 1.57 bits per heavy atom. The highest BCUT2D eigenvalue weighted by Crippen LogP contribution is 2.44. The van der Waals surface area contributed by atoms with Gasteiger partial charge in [0.1, 0.15) is 16.2 Å². The molecule has 0 radical (unpaired) electrons. The van der Waals surface area contributed by atoms with E-state index in [0.29, 0.717) is 37.9 Å². The first-order chi connectivity index (χ1) is 9.94. The zero-order chi connectivity index (χ0) is 15.6. The molecule has 1 aromatic carbocycles. The van der Waals surface area contributed by atoms with Crippen LogP contribution in [0, 0.1) is 10.1 Å². The number of hydrogen-bond acceptors (Lipinski definition) is 4. The first-order valence-corrected chi connectivity index (χ1v) is 7.26. The number of hydrogen-bond donors (Lipinski definition) is 1. The maximum absolute atomic E-state index is 11.8. The van der Waals surface area contributed by atoms with Crippen LogP contribution in [0.15, 0.2) is 18.2 Å². The fourth-order valence-corrected chi connectivity index (χ4v) is 3.37. The van der Waals surface area contributed by atoms with Crippen molar-refractivity contribution in [2.75, 3.05) is 11.4 Å². The van der Waals surface area contributed by atoms with Gasteiger partial charge >= 0.3 is 11.7 Å². The average molecular weight is 313 g/mol. The molecule has 0 saturated carbocycles. The van der Waals surface area contributed by atoms with Gasteiger partial charge in [-0.15, -0.1) is 0 Å². The normalized spacial score (nSPS) is 21.5. The van der Waals surface area contributed by atoms with Gasteiger partial charge < -0.3 is 10.0 Å². The number of para-hydroxylation sites is 1. The van der Waals surface area contributed by atoms with Crippen LogP contribution in [-0.2, 0) is 4.79 Å². The Kier molecular flexibility index (Phi) is 4.37. The first-order valence-electron chi connectivity index (χ1n) is 6.88. The lowest BCUT2D eigenvalue weighted by atomic mass is 9.90. The Morgan fingerprint density at radius 2 is 2.29 bits per heavy atom. The molecular formula is C14H17ClN2O4. The van der Waals surface area contributed by atoms with Crippen LogP contribution in [0.25, 0.3) is 0 Å². The molecule has 1 saturated heterocycles. The van der Waals surface area contributed by atoms with E-state index in [1.807, 2.05) is 6.92 Å². The molecule has 0 bridgehead atoms. The molecule has 0 aliphatic carbocycles. The second-order valence-corrected chi connectivity index (χ2v) is 5.61. The number of carboxylic acids is 1. The van der Waals surface area contributed by atoms with E-state index in [9.17, 15) is 20.0 Å². The number of nitro benzene ring substituents is 1. The molecule has 1 atom stereocenters. The number of carboxylic acid groups (broad SMARTS) is 1. The smallest absolute Gasteiger partial charge is 0.329 e. The fourth-order valence-electron chi connectivity index (χ4n) is 3.13. The van der Waals surface area contributed by atoms with Crippen LogP contribution >= 0.6 is 11.6 Å². The summed E-state index contributed by atoms with van der Waals surface area (Å²) < 4.78 is 0. The van der Waals surface area contributed by atoms with Gasteiger partial charge in [-0.3, -0.25) is 10.1 Å². The molecule has 6 nitrogen and oxygen atoms in total. The molecule has 1 aliphatic heterocycles. The van der Waals surface area contributed by atoms with Crippen LogP contribution < -0.4 is 4.90 Å². The molecule has 0 amide bonds.